The van der Waals surface area contributed by atoms with Gasteiger partial charge in [-0.3, -0.25) is 0 Å². The van der Waals surface area contributed by atoms with Crippen LogP contribution in [0.1, 0.15) is 18.4 Å². The normalized spacial score (nSPS) is 23.7. The summed E-state index contributed by atoms with van der Waals surface area (Å²) in [6.45, 7) is 2.39. The van der Waals surface area contributed by atoms with Crippen LogP contribution in [-0.4, -0.2) is 30.7 Å². The fourth-order valence-corrected chi connectivity index (χ4v) is 2.89. The van der Waals surface area contributed by atoms with E-state index in [4.69, 9.17) is 16.3 Å². The third-order valence-corrected chi connectivity index (χ3v) is 3.89. The highest BCUT2D eigenvalue weighted by Crippen LogP contribution is 2.34. The number of rotatable bonds is 1. The van der Waals surface area contributed by atoms with Crippen molar-refractivity contribution in [3.63, 3.8) is 0 Å². The van der Waals surface area contributed by atoms with E-state index in [1.54, 1.807) is 0 Å². The second-order valence-electron chi connectivity index (χ2n) is 4.80. The standard InChI is InChI=1S/C13H17ClN2O2.ClH/c14-10-2-1-9-8-18-13(17)16(12(9)7-10)11-3-5-15-6-4-11;/h1-2,7,11,13,15,17H,3-6,8H2;1H. The molecule has 1 unspecified atom stereocenters. The molecule has 106 valence electrons. The Hall–Kier alpha value is -0.520. The topological polar surface area (TPSA) is 44.7 Å². The van der Waals surface area contributed by atoms with Gasteiger partial charge in [0.15, 0.2) is 0 Å². The average Bonchev–Trinajstić information content (AvgIpc) is 2.39. The molecule has 4 nitrogen and oxygen atoms in total. The Kier molecular flexibility index (Phi) is 4.92. The van der Waals surface area contributed by atoms with Crippen LogP contribution in [0.25, 0.3) is 0 Å². The van der Waals surface area contributed by atoms with Gasteiger partial charge < -0.3 is 20.1 Å². The van der Waals surface area contributed by atoms with Gasteiger partial charge in [0.25, 0.3) is 0 Å². The molecule has 1 aromatic carbocycles. The molecule has 0 aliphatic carbocycles. The monoisotopic (exact) mass is 304 g/mol. The first-order valence-electron chi connectivity index (χ1n) is 6.33. The fourth-order valence-electron chi connectivity index (χ4n) is 2.72. The molecule has 0 aromatic heterocycles. The molecule has 0 saturated carbocycles. The van der Waals surface area contributed by atoms with Crippen molar-refractivity contribution in [1.82, 2.24) is 5.32 Å². The third-order valence-electron chi connectivity index (χ3n) is 3.65. The van der Waals surface area contributed by atoms with E-state index in [0.29, 0.717) is 17.7 Å². The predicted octanol–water partition coefficient (Wildman–Crippen LogP) is 2.13. The number of fused-ring (bicyclic) bond motifs is 1. The Morgan fingerprint density at radius 3 is 2.79 bits per heavy atom. The lowest BCUT2D eigenvalue weighted by Crippen LogP contribution is -2.51. The number of hydrogen-bond acceptors (Lipinski definition) is 4. The van der Waals surface area contributed by atoms with E-state index >= 15 is 0 Å². The number of ether oxygens (including phenoxy) is 1. The Morgan fingerprint density at radius 2 is 2.05 bits per heavy atom. The molecule has 0 spiro atoms. The molecule has 3 rings (SSSR count). The van der Waals surface area contributed by atoms with Crippen LogP contribution in [0.3, 0.4) is 0 Å². The van der Waals surface area contributed by atoms with Crippen molar-refractivity contribution in [2.45, 2.75) is 31.9 Å². The van der Waals surface area contributed by atoms with Crippen molar-refractivity contribution in [2.24, 2.45) is 0 Å². The second kappa shape index (κ2) is 6.29. The van der Waals surface area contributed by atoms with Crippen molar-refractivity contribution in [3.8, 4) is 0 Å². The number of halogens is 2. The number of hydrogen-bond donors (Lipinski definition) is 2. The van der Waals surface area contributed by atoms with Crippen molar-refractivity contribution in [2.75, 3.05) is 18.0 Å². The lowest BCUT2D eigenvalue weighted by atomic mass is 10.0. The largest absolute Gasteiger partial charge is 0.351 e. The first-order valence-corrected chi connectivity index (χ1v) is 6.70. The Balaban J connectivity index is 0.00000133. The van der Waals surface area contributed by atoms with Gasteiger partial charge in [-0.05, 0) is 38.1 Å². The molecule has 0 bridgehead atoms. The summed E-state index contributed by atoms with van der Waals surface area (Å²) in [5, 5.41) is 14.1. The summed E-state index contributed by atoms with van der Waals surface area (Å²) in [5.74, 6) is 0. The lowest BCUT2D eigenvalue weighted by Gasteiger charge is -2.42. The molecule has 1 atom stereocenters. The predicted molar refractivity (Wildman–Crippen MR) is 77.9 cm³/mol. The zero-order valence-corrected chi connectivity index (χ0v) is 12.1. The Bertz CT molecular complexity index is 439. The van der Waals surface area contributed by atoms with Crippen LogP contribution in [-0.2, 0) is 11.3 Å². The van der Waals surface area contributed by atoms with Crippen molar-refractivity contribution < 1.29 is 9.84 Å². The number of nitrogens with one attached hydrogen (secondary N) is 1. The van der Waals surface area contributed by atoms with Gasteiger partial charge in [0.05, 0.1) is 6.61 Å². The minimum Gasteiger partial charge on any atom is -0.351 e. The second-order valence-corrected chi connectivity index (χ2v) is 5.24. The molecular weight excluding hydrogens is 287 g/mol. The smallest absolute Gasteiger partial charge is 0.238 e. The zero-order chi connectivity index (χ0) is 12.5. The maximum Gasteiger partial charge on any atom is 0.238 e. The summed E-state index contributed by atoms with van der Waals surface area (Å²) in [5.41, 5.74) is 2.09. The van der Waals surface area contributed by atoms with Gasteiger partial charge in [-0.25, -0.2) is 0 Å². The number of piperidine rings is 1. The summed E-state index contributed by atoms with van der Waals surface area (Å²) in [7, 11) is 0. The summed E-state index contributed by atoms with van der Waals surface area (Å²) in [6, 6.07) is 6.06. The molecule has 2 aliphatic rings. The van der Waals surface area contributed by atoms with Gasteiger partial charge in [0.2, 0.25) is 6.41 Å². The number of aliphatic hydroxyl groups is 1. The minimum absolute atomic E-state index is 0. The van der Waals surface area contributed by atoms with Crippen LogP contribution < -0.4 is 10.2 Å². The van der Waals surface area contributed by atoms with Crippen molar-refractivity contribution in [3.05, 3.63) is 28.8 Å². The zero-order valence-electron chi connectivity index (χ0n) is 10.5. The van der Waals surface area contributed by atoms with Crippen LogP contribution >= 0.6 is 24.0 Å². The van der Waals surface area contributed by atoms with Crippen LogP contribution in [0.15, 0.2) is 18.2 Å². The maximum absolute atomic E-state index is 10.1. The maximum atomic E-state index is 10.1. The SMILES string of the molecule is Cl.OC1OCc2ccc(Cl)cc2N1C1CCNCC1. The van der Waals surface area contributed by atoms with E-state index in [0.717, 1.165) is 37.2 Å². The molecule has 0 amide bonds. The molecule has 6 heteroatoms. The van der Waals surface area contributed by atoms with E-state index < -0.39 is 6.41 Å². The van der Waals surface area contributed by atoms with Crippen LogP contribution in [0, 0.1) is 0 Å². The minimum atomic E-state index is -0.862. The molecule has 1 fully saturated rings. The quantitative estimate of drug-likeness (QED) is 0.834. The first-order chi connectivity index (χ1) is 8.75. The van der Waals surface area contributed by atoms with Crippen LogP contribution in [0.2, 0.25) is 5.02 Å². The lowest BCUT2D eigenvalue weighted by molar-refractivity contribution is -0.120. The summed E-state index contributed by atoms with van der Waals surface area (Å²) >= 11 is 6.07. The highest BCUT2D eigenvalue weighted by molar-refractivity contribution is 6.30. The van der Waals surface area contributed by atoms with Gasteiger partial charge in [-0.15, -0.1) is 12.4 Å². The average molecular weight is 305 g/mol. The molecule has 2 heterocycles. The van der Waals surface area contributed by atoms with Crippen molar-refractivity contribution >= 4 is 29.7 Å². The van der Waals surface area contributed by atoms with Gasteiger partial charge in [0.1, 0.15) is 0 Å². The van der Waals surface area contributed by atoms with Crippen LogP contribution in [0.5, 0.6) is 0 Å². The Labute approximate surface area is 124 Å². The van der Waals surface area contributed by atoms with E-state index in [2.05, 4.69) is 5.32 Å². The summed E-state index contributed by atoms with van der Waals surface area (Å²) in [4.78, 5) is 1.96. The molecule has 2 aliphatic heterocycles. The molecule has 2 N–H and O–H groups in total. The van der Waals surface area contributed by atoms with E-state index in [1.807, 2.05) is 23.1 Å². The van der Waals surface area contributed by atoms with E-state index in [-0.39, 0.29) is 12.4 Å². The number of aliphatic hydroxyl groups excluding tert-OH is 1. The number of nitrogens with zero attached hydrogens (tertiary/aromatic N) is 1. The molecule has 19 heavy (non-hydrogen) atoms. The fraction of sp³-hybridized carbons (Fsp3) is 0.538. The number of anilines is 1. The van der Waals surface area contributed by atoms with Gasteiger partial charge >= 0.3 is 0 Å². The molecular formula is C13H18Cl2N2O2. The molecule has 1 saturated heterocycles. The van der Waals surface area contributed by atoms with Crippen molar-refractivity contribution in [1.29, 1.82) is 0 Å². The Morgan fingerprint density at radius 1 is 1.32 bits per heavy atom. The highest BCUT2D eigenvalue weighted by atomic mass is 35.5. The summed E-state index contributed by atoms with van der Waals surface area (Å²) < 4.78 is 5.43. The van der Waals surface area contributed by atoms with Gasteiger partial charge in [-0.2, -0.15) is 0 Å². The summed E-state index contributed by atoms with van der Waals surface area (Å²) in [6.07, 6.45) is 1.15. The third kappa shape index (κ3) is 2.98. The first kappa shape index (κ1) is 14.9. The van der Waals surface area contributed by atoms with Gasteiger partial charge in [-0.1, -0.05) is 17.7 Å². The van der Waals surface area contributed by atoms with E-state index in [9.17, 15) is 5.11 Å². The molecule has 1 aromatic rings. The molecule has 0 radical (unpaired) electrons. The van der Waals surface area contributed by atoms with Crippen LogP contribution in [0.4, 0.5) is 5.69 Å². The highest BCUT2D eigenvalue weighted by Gasteiger charge is 2.32. The van der Waals surface area contributed by atoms with Gasteiger partial charge in [0, 0.05) is 22.3 Å². The van der Waals surface area contributed by atoms with E-state index in [1.165, 1.54) is 0 Å². The number of benzene rings is 1.